The number of nitrogens with zero attached hydrogens (tertiary/aromatic N) is 1. The molecule has 0 radical (unpaired) electrons. The number of aromatic nitrogens is 1. The van der Waals surface area contributed by atoms with Gasteiger partial charge in [0, 0.05) is 6.54 Å². The number of ether oxygens (including phenoxy) is 3. The van der Waals surface area contributed by atoms with Gasteiger partial charge in [0.25, 0.3) is 0 Å². The topological polar surface area (TPSA) is 86.8 Å². The van der Waals surface area contributed by atoms with Gasteiger partial charge in [0.1, 0.15) is 11.7 Å². The normalized spacial score (nSPS) is 20.0. The number of carbonyl (C=O) groups is 2. The van der Waals surface area contributed by atoms with Crippen LogP contribution in [0.3, 0.4) is 0 Å². The second-order valence-electron chi connectivity index (χ2n) is 7.73. The van der Waals surface area contributed by atoms with Gasteiger partial charge in [-0.05, 0) is 66.2 Å². The smallest absolute Gasteiger partial charge is 0.407 e. The van der Waals surface area contributed by atoms with E-state index in [0.29, 0.717) is 29.8 Å². The molecule has 0 saturated heterocycles. The Balaban J connectivity index is 1.80. The molecule has 1 aliphatic rings. The number of thiazole rings is 1. The van der Waals surface area contributed by atoms with E-state index in [4.69, 9.17) is 14.2 Å². The van der Waals surface area contributed by atoms with Crippen molar-refractivity contribution in [2.24, 2.45) is 5.92 Å². The third-order valence-electron chi connectivity index (χ3n) is 4.17. The van der Waals surface area contributed by atoms with E-state index in [0.717, 1.165) is 30.7 Å². The average Bonchev–Trinajstić information content (AvgIpc) is 2.93. The van der Waals surface area contributed by atoms with Crippen molar-refractivity contribution < 1.29 is 23.8 Å². The van der Waals surface area contributed by atoms with Crippen LogP contribution in [0.1, 0.15) is 68.1 Å². The molecule has 1 N–H and O–H groups in total. The molecule has 27 heavy (non-hydrogen) atoms. The van der Waals surface area contributed by atoms with Crippen LogP contribution in [0.15, 0.2) is 0 Å². The largest absolute Gasteiger partial charge is 0.473 e. The molecule has 2 rings (SSSR count). The van der Waals surface area contributed by atoms with Gasteiger partial charge in [0.05, 0.1) is 11.6 Å². The number of amides is 1. The Labute approximate surface area is 164 Å². The Kier molecular flexibility index (Phi) is 7.47. The van der Waals surface area contributed by atoms with Crippen LogP contribution in [0.5, 0.6) is 5.88 Å². The highest BCUT2D eigenvalue weighted by atomic mass is 32.1. The van der Waals surface area contributed by atoms with Gasteiger partial charge >= 0.3 is 12.1 Å². The number of alkyl carbamates (subject to hydrolysis) is 1. The first-order valence-corrected chi connectivity index (χ1v) is 10.3. The van der Waals surface area contributed by atoms with Crippen molar-refractivity contribution >= 4 is 23.4 Å². The summed E-state index contributed by atoms with van der Waals surface area (Å²) in [7, 11) is 0. The molecule has 0 aromatic carbocycles. The van der Waals surface area contributed by atoms with Gasteiger partial charge in [-0.1, -0.05) is 0 Å². The first-order valence-electron chi connectivity index (χ1n) is 9.46. The molecule has 1 heterocycles. The lowest BCUT2D eigenvalue weighted by atomic mass is 9.87. The lowest BCUT2D eigenvalue weighted by Crippen LogP contribution is -2.37. The van der Waals surface area contributed by atoms with Crippen molar-refractivity contribution in [3.05, 3.63) is 9.88 Å². The number of esters is 1. The maximum absolute atomic E-state index is 12.0. The first-order chi connectivity index (χ1) is 12.7. The zero-order valence-electron chi connectivity index (χ0n) is 16.8. The number of hydrogen-bond donors (Lipinski definition) is 1. The van der Waals surface area contributed by atoms with Gasteiger partial charge in [0.2, 0.25) is 5.88 Å². The molecule has 0 bridgehead atoms. The molecule has 1 amide bonds. The molecular formula is C19H30N2O5S. The monoisotopic (exact) mass is 398 g/mol. The Hall–Kier alpha value is -1.83. The lowest BCUT2D eigenvalue weighted by Gasteiger charge is -2.29. The standard InChI is InChI=1S/C19H30N2O5S/c1-6-24-17(22)15-16(21-12(2)27-15)25-14-9-7-13(8-10-14)11-20-18(23)26-19(3,4)5/h13-14H,6-11H2,1-5H3,(H,20,23). The summed E-state index contributed by atoms with van der Waals surface area (Å²) in [5.41, 5.74) is -0.488. The molecule has 0 atom stereocenters. The van der Waals surface area contributed by atoms with Gasteiger partial charge < -0.3 is 19.5 Å². The number of aryl methyl sites for hydroxylation is 1. The molecule has 0 spiro atoms. The highest BCUT2D eigenvalue weighted by Crippen LogP contribution is 2.31. The average molecular weight is 399 g/mol. The summed E-state index contributed by atoms with van der Waals surface area (Å²) in [6.07, 6.45) is 3.26. The van der Waals surface area contributed by atoms with Crippen molar-refractivity contribution in [2.45, 2.75) is 72.0 Å². The van der Waals surface area contributed by atoms with Gasteiger partial charge in [-0.25, -0.2) is 14.6 Å². The van der Waals surface area contributed by atoms with Crippen LogP contribution in [-0.4, -0.2) is 41.9 Å². The molecule has 0 aliphatic heterocycles. The van der Waals surface area contributed by atoms with Crippen LogP contribution >= 0.6 is 11.3 Å². The van der Waals surface area contributed by atoms with E-state index in [1.54, 1.807) is 6.92 Å². The van der Waals surface area contributed by atoms with Crippen LogP contribution in [0.2, 0.25) is 0 Å². The quantitative estimate of drug-likeness (QED) is 0.726. The third kappa shape index (κ3) is 7.01. The molecule has 7 nitrogen and oxygen atoms in total. The SMILES string of the molecule is CCOC(=O)c1sc(C)nc1OC1CCC(CNC(=O)OC(C)(C)C)CC1. The summed E-state index contributed by atoms with van der Waals surface area (Å²) in [6.45, 7) is 10.1. The Morgan fingerprint density at radius 2 is 1.89 bits per heavy atom. The fraction of sp³-hybridized carbons (Fsp3) is 0.737. The Bertz CT molecular complexity index is 645. The van der Waals surface area contributed by atoms with E-state index in [2.05, 4.69) is 10.3 Å². The number of nitrogens with one attached hydrogen (secondary N) is 1. The number of carbonyl (C=O) groups excluding carboxylic acids is 2. The second-order valence-corrected chi connectivity index (χ2v) is 8.93. The van der Waals surface area contributed by atoms with Crippen LogP contribution in [0, 0.1) is 12.8 Å². The molecule has 152 valence electrons. The van der Waals surface area contributed by atoms with Crippen molar-refractivity contribution in [3.8, 4) is 5.88 Å². The fourth-order valence-electron chi connectivity index (χ4n) is 2.97. The predicted molar refractivity (Wildman–Crippen MR) is 103 cm³/mol. The van der Waals surface area contributed by atoms with E-state index < -0.39 is 5.60 Å². The predicted octanol–water partition coefficient (Wildman–Crippen LogP) is 4.09. The van der Waals surface area contributed by atoms with Gasteiger partial charge in [0.15, 0.2) is 4.88 Å². The molecule has 1 saturated carbocycles. The lowest BCUT2D eigenvalue weighted by molar-refractivity contribution is 0.0507. The van der Waals surface area contributed by atoms with Gasteiger partial charge in [-0.2, -0.15) is 0 Å². The van der Waals surface area contributed by atoms with E-state index in [1.807, 2.05) is 27.7 Å². The van der Waals surface area contributed by atoms with E-state index in [1.165, 1.54) is 11.3 Å². The molecule has 1 aliphatic carbocycles. The summed E-state index contributed by atoms with van der Waals surface area (Å²) in [5.74, 6) is 0.402. The van der Waals surface area contributed by atoms with Crippen LogP contribution in [0.4, 0.5) is 4.79 Å². The maximum atomic E-state index is 12.0. The van der Waals surface area contributed by atoms with Crippen molar-refractivity contribution in [1.82, 2.24) is 10.3 Å². The minimum Gasteiger partial charge on any atom is -0.473 e. The highest BCUT2D eigenvalue weighted by molar-refractivity contribution is 7.13. The number of rotatable bonds is 6. The summed E-state index contributed by atoms with van der Waals surface area (Å²) in [6, 6.07) is 0. The summed E-state index contributed by atoms with van der Waals surface area (Å²) >= 11 is 1.30. The third-order valence-corrected chi connectivity index (χ3v) is 5.10. The summed E-state index contributed by atoms with van der Waals surface area (Å²) in [4.78, 5) is 28.6. The maximum Gasteiger partial charge on any atom is 0.407 e. The molecule has 0 unspecified atom stereocenters. The van der Waals surface area contributed by atoms with Crippen LogP contribution < -0.4 is 10.1 Å². The second kappa shape index (κ2) is 9.39. The van der Waals surface area contributed by atoms with Crippen LogP contribution in [-0.2, 0) is 9.47 Å². The summed E-state index contributed by atoms with van der Waals surface area (Å²) < 4.78 is 16.3. The Morgan fingerprint density at radius 3 is 2.48 bits per heavy atom. The van der Waals surface area contributed by atoms with Gasteiger partial charge in [-0.15, -0.1) is 11.3 Å². The minimum atomic E-state index is -0.488. The molecule has 8 heteroatoms. The van der Waals surface area contributed by atoms with E-state index in [-0.39, 0.29) is 18.2 Å². The minimum absolute atomic E-state index is 0.0254. The van der Waals surface area contributed by atoms with Crippen molar-refractivity contribution in [2.75, 3.05) is 13.2 Å². The number of hydrogen-bond acceptors (Lipinski definition) is 7. The van der Waals surface area contributed by atoms with E-state index in [9.17, 15) is 9.59 Å². The Morgan fingerprint density at radius 1 is 1.22 bits per heavy atom. The molecular weight excluding hydrogens is 368 g/mol. The zero-order valence-corrected chi connectivity index (χ0v) is 17.6. The molecule has 1 fully saturated rings. The first kappa shape index (κ1) is 21.5. The van der Waals surface area contributed by atoms with Crippen LogP contribution in [0.25, 0.3) is 0 Å². The van der Waals surface area contributed by atoms with E-state index >= 15 is 0 Å². The van der Waals surface area contributed by atoms with Gasteiger partial charge in [-0.3, -0.25) is 0 Å². The molecule has 1 aromatic rings. The van der Waals surface area contributed by atoms with Crippen molar-refractivity contribution in [1.29, 1.82) is 0 Å². The van der Waals surface area contributed by atoms with Crippen molar-refractivity contribution in [3.63, 3.8) is 0 Å². The summed E-state index contributed by atoms with van der Waals surface area (Å²) in [5, 5.41) is 3.62. The zero-order chi connectivity index (χ0) is 20.0. The fourth-order valence-corrected chi connectivity index (χ4v) is 3.71. The molecule has 1 aromatic heterocycles. The highest BCUT2D eigenvalue weighted by Gasteiger charge is 2.27.